The molecular formula is C38H39Cl2FN3O7+. The first-order chi connectivity index (χ1) is 24.5. The second-order valence-electron chi connectivity index (χ2n) is 13.0. The minimum atomic E-state index is -1.20. The quantitative estimate of drug-likeness (QED) is 0.122. The molecule has 51 heavy (non-hydrogen) atoms. The highest BCUT2D eigenvalue weighted by Crippen LogP contribution is 2.41. The molecule has 2 bridgehead atoms. The molecule has 2 atom stereocenters. The van der Waals surface area contributed by atoms with Crippen LogP contribution in [0.3, 0.4) is 0 Å². The van der Waals surface area contributed by atoms with E-state index in [9.17, 15) is 19.9 Å². The molecular weight excluding hydrogens is 700 g/mol. The van der Waals surface area contributed by atoms with Gasteiger partial charge in [-0.05, 0) is 97.8 Å². The first-order valence-electron chi connectivity index (χ1n) is 16.6. The standard InChI is InChI=1S/C38H38Cl2FN3O7/c1-22-14-25(18-44(32-7-5-4-6-31(32)41)38(47)51-35-21-42-12-10-23(35)11-13-42)36(28(15-22)37(45)46)26(17-27-29(39)19-43(48)20-30(27)40)24-8-9-33(49-2)34(16-24)50-3/h4-9,14-16,19-20,23,26,35H,10-13,17-18,21H2,1-3H3,(H-,45,46,48)/p+1/t26-,35-/m0/s1. The molecule has 3 aliphatic rings. The molecule has 4 aromatic rings. The molecule has 13 heteroatoms. The van der Waals surface area contributed by atoms with E-state index in [2.05, 4.69) is 4.90 Å². The van der Waals surface area contributed by atoms with Crippen molar-refractivity contribution in [3.8, 4) is 11.5 Å². The number of aryl methyl sites for hydroxylation is 1. The van der Waals surface area contributed by atoms with Crippen molar-refractivity contribution < 1.29 is 43.2 Å². The Kier molecular flexibility index (Phi) is 10.9. The van der Waals surface area contributed by atoms with Crippen molar-refractivity contribution in [2.75, 3.05) is 38.8 Å². The Balaban J connectivity index is 1.52. The second-order valence-corrected chi connectivity index (χ2v) is 13.8. The molecule has 10 nitrogen and oxygen atoms in total. The Labute approximate surface area is 305 Å². The lowest BCUT2D eigenvalue weighted by Crippen LogP contribution is -2.53. The molecule has 0 spiro atoms. The van der Waals surface area contributed by atoms with E-state index in [1.165, 1.54) is 49.7 Å². The number of aromatic nitrogens is 1. The van der Waals surface area contributed by atoms with Crippen molar-refractivity contribution in [1.82, 2.24) is 4.90 Å². The zero-order valence-corrected chi connectivity index (χ0v) is 30.0. The average molecular weight is 740 g/mol. The van der Waals surface area contributed by atoms with E-state index >= 15 is 4.39 Å². The lowest BCUT2D eigenvalue weighted by atomic mass is 9.80. The van der Waals surface area contributed by atoms with E-state index in [0.29, 0.717) is 45.9 Å². The normalized spacial score (nSPS) is 18.6. The van der Waals surface area contributed by atoms with Gasteiger partial charge in [-0.1, -0.05) is 47.5 Å². The van der Waals surface area contributed by atoms with Crippen LogP contribution in [0.25, 0.3) is 0 Å². The largest absolute Gasteiger partial charge is 0.493 e. The van der Waals surface area contributed by atoms with E-state index in [4.69, 9.17) is 37.4 Å². The third-order valence-electron chi connectivity index (χ3n) is 9.82. The number of carbonyl (C=O) groups is 2. The smallest absolute Gasteiger partial charge is 0.415 e. The van der Waals surface area contributed by atoms with Gasteiger partial charge >= 0.3 is 12.1 Å². The number of amides is 1. The summed E-state index contributed by atoms with van der Waals surface area (Å²) < 4.78 is 33.5. The fourth-order valence-electron chi connectivity index (χ4n) is 7.31. The van der Waals surface area contributed by atoms with Gasteiger partial charge in [0.25, 0.3) is 0 Å². The van der Waals surface area contributed by atoms with Gasteiger partial charge in [0.05, 0.1) is 32.0 Å². The maximum absolute atomic E-state index is 15.6. The van der Waals surface area contributed by atoms with Crippen molar-refractivity contribution in [2.45, 2.75) is 44.8 Å². The number of anilines is 1. The zero-order valence-electron chi connectivity index (χ0n) is 28.4. The van der Waals surface area contributed by atoms with E-state index in [1.807, 2.05) is 0 Å². The Bertz CT molecular complexity index is 1930. The molecule has 0 unspecified atom stereocenters. The van der Waals surface area contributed by atoms with Crippen LogP contribution in [0.2, 0.25) is 10.0 Å². The summed E-state index contributed by atoms with van der Waals surface area (Å²) in [5.74, 6) is -1.52. The van der Waals surface area contributed by atoms with Crippen molar-refractivity contribution in [3.63, 3.8) is 0 Å². The summed E-state index contributed by atoms with van der Waals surface area (Å²) in [6.45, 7) is 4.05. The SMILES string of the molecule is COc1ccc([C@H](Cc2c(Cl)c[n+](O)cc2Cl)c2c(CN(C(=O)O[C@H]3CN4CCC3CC4)c3ccccc3F)cc(C)cc2C(=O)O)cc1OC. The molecule has 0 aliphatic carbocycles. The van der Waals surface area contributed by atoms with Gasteiger partial charge in [-0.3, -0.25) is 15.0 Å². The Morgan fingerprint density at radius 1 is 1.02 bits per heavy atom. The number of nitrogens with zero attached hydrogens (tertiary/aromatic N) is 3. The molecule has 1 aromatic heterocycles. The molecule has 3 saturated heterocycles. The van der Waals surface area contributed by atoms with Gasteiger partial charge in [0.15, 0.2) is 11.5 Å². The van der Waals surface area contributed by atoms with Crippen molar-refractivity contribution in [2.24, 2.45) is 5.92 Å². The van der Waals surface area contributed by atoms with Gasteiger partial charge in [-0.25, -0.2) is 14.0 Å². The number of piperidine rings is 3. The highest BCUT2D eigenvalue weighted by molar-refractivity contribution is 6.35. The molecule has 3 fully saturated rings. The number of halogens is 3. The summed E-state index contributed by atoms with van der Waals surface area (Å²) in [7, 11) is 3.00. The Morgan fingerprint density at radius 3 is 2.31 bits per heavy atom. The van der Waals surface area contributed by atoms with E-state index < -0.39 is 23.8 Å². The Morgan fingerprint density at radius 2 is 1.71 bits per heavy atom. The number of aromatic carboxylic acids is 1. The predicted molar refractivity (Wildman–Crippen MR) is 189 cm³/mol. The minimum absolute atomic E-state index is 0.00239. The summed E-state index contributed by atoms with van der Waals surface area (Å²) in [6, 6.07) is 14.5. The summed E-state index contributed by atoms with van der Waals surface area (Å²) in [6.07, 6.45) is 3.39. The molecule has 2 N–H and O–H groups in total. The third kappa shape index (κ3) is 7.71. The third-order valence-corrected chi connectivity index (χ3v) is 10.5. The fraction of sp³-hybridized carbons (Fsp3) is 0.342. The number of ether oxygens (including phenoxy) is 3. The van der Waals surface area contributed by atoms with Crippen LogP contribution in [0.5, 0.6) is 11.5 Å². The number of fused-ring (bicyclic) bond motifs is 3. The lowest BCUT2D eigenvalue weighted by molar-refractivity contribution is -0.904. The van der Waals surface area contributed by atoms with Crippen molar-refractivity contribution >= 4 is 41.0 Å². The van der Waals surface area contributed by atoms with Gasteiger partial charge < -0.3 is 19.3 Å². The molecule has 0 radical (unpaired) electrons. The van der Waals surface area contributed by atoms with Crippen LogP contribution < -0.4 is 19.1 Å². The number of hydrogen-bond acceptors (Lipinski definition) is 7. The van der Waals surface area contributed by atoms with Crippen LogP contribution in [0.15, 0.2) is 67.0 Å². The minimum Gasteiger partial charge on any atom is -0.493 e. The molecule has 7 rings (SSSR count). The van der Waals surface area contributed by atoms with E-state index in [0.717, 1.165) is 30.7 Å². The molecule has 0 saturated carbocycles. The fourth-order valence-corrected chi connectivity index (χ4v) is 7.92. The van der Waals surface area contributed by atoms with Crippen LogP contribution in [-0.4, -0.2) is 67.2 Å². The number of carboxylic acids is 1. The van der Waals surface area contributed by atoms with Crippen LogP contribution in [0.4, 0.5) is 14.9 Å². The number of benzene rings is 3. The molecule has 268 valence electrons. The summed E-state index contributed by atoms with van der Waals surface area (Å²) in [5.41, 5.74) is 2.46. The molecule has 4 heterocycles. The maximum Gasteiger partial charge on any atom is 0.415 e. The van der Waals surface area contributed by atoms with Crippen LogP contribution in [0.1, 0.15) is 56.9 Å². The van der Waals surface area contributed by atoms with Crippen molar-refractivity contribution in [3.05, 3.63) is 116 Å². The van der Waals surface area contributed by atoms with Crippen LogP contribution in [-0.2, 0) is 17.7 Å². The van der Waals surface area contributed by atoms with Gasteiger partial charge in [-0.15, -0.1) is 0 Å². The highest BCUT2D eigenvalue weighted by atomic mass is 35.5. The van der Waals surface area contributed by atoms with E-state index in [1.54, 1.807) is 43.3 Å². The molecule has 3 aromatic carbocycles. The number of carbonyl (C=O) groups excluding carboxylic acids is 1. The maximum atomic E-state index is 15.6. The van der Waals surface area contributed by atoms with Crippen molar-refractivity contribution in [1.29, 1.82) is 0 Å². The van der Waals surface area contributed by atoms with Gasteiger partial charge in [-0.2, -0.15) is 0 Å². The van der Waals surface area contributed by atoms with Crippen LogP contribution >= 0.6 is 23.2 Å². The lowest BCUT2D eigenvalue weighted by Gasteiger charge is -2.44. The average Bonchev–Trinajstić information content (AvgIpc) is 3.11. The number of carboxylic acid groups (broad SMARTS) is 1. The number of methoxy groups -OCH3 is 2. The van der Waals surface area contributed by atoms with E-state index in [-0.39, 0.29) is 46.3 Å². The molecule has 1 amide bonds. The van der Waals surface area contributed by atoms with Crippen LogP contribution in [0, 0.1) is 18.7 Å². The van der Waals surface area contributed by atoms with Gasteiger partial charge in [0, 0.05) is 22.8 Å². The van der Waals surface area contributed by atoms with Gasteiger partial charge in [0.1, 0.15) is 22.0 Å². The number of rotatable bonds is 11. The topological polar surface area (TPSA) is 113 Å². The first kappa shape index (κ1) is 36.2. The zero-order chi connectivity index (χ0) is 36.4. The summed E-state index contributed by atoms with van der Waals surface area (Å²) in [4.78, 5) is 30.8. The Hall–Kier alpha value is -4.58. The second kappa shape index (κ2) is 15.3. The summed E-state index contributed by atoms with van der Waals surface area (Å²) >= 11 is 13.3. The first-order valence-corrected chi connectivity index (χ1v) is 17.3. The number of para-hydroxylation sites is 1. The molecule has 3 aliphatic heterocycles. The monoisotopic (exact) mass is 738 g/mol. The number of hydrogen-bond donors (Lipinski definition) is 2. The van der Waals surface area contributed by atoms with Gasteiger partial charge in [0.2, 0.25) is 12.4 Å². The highest BCUT2D eigenvalue weighted by Gasteiger charge is 2.38. The number of pyridine rings is 1. The predicted octanol–water partition coefficient (Wildman–Crippen LogP) is 7.29. The summed E-state index contributed by atoms with van der Waals surface area (Å²) in [5, 5.41) is 21.1.